The fourth-order valence-electron chi connectivity index (χ4n) is 0.388. The van der Waals surface area contributed by atoms with Crippen molar-refractivity contribution in [3.63, 3.8) is 0 Å². The quantitative estimate of drug-likeness (QED) is 0.421. The SMILES string of the molecule is O.O=C(O)CCCCO.[H-].[H-].[Mg+2]. The van der Waals surface area contributed by atoms with E-state index in [1.54, 1.807) is 0 Å². The number of carboxylic acids is 1. The van der Waals surface area contributed by atoms with E-state index in [4.69, 9.17) is 10.2 Å². The summed E-state index contributed by atoms with van der Waals surface area (Å²) < 4.78 is 0. The molecule has 4 N–H and O–H groups in total. The zero-order valence-corrected chi connectivity index (χ0v) is 7.25. The number of carbonyl (C=O) groups is 1. The van der Waals surface area contributed by atoms with Gasteiger partial charge in [0.05, 0.1) is 0 Å². The molecule has 0 unspecified atom stereocenters. The Morgan fingerprint density at radius 2 is 1.90 bits per heavy atom. The molecule has 4 nitrogen and oxygen atoms in total. The van der Waals surface area contributed by atoms with Gasteiger partial charge < -0.3 is 18.5 Å². The van der Waals surface area contributed by atoms with Gasteiger partial charge in [0.15, 0.2) is 0 Å². The molecule has 0 amide bonds. The van der Waals surface area contributed by atoms with Gasteiger partial charge in [0.1, 0.15) is 0 Å². The summed E-state index contributed by atoms with van der Waals surface area (Å²) in [7, 11) is 0. The largest absolute Gasteiger partial charge is 2.00 e. The third kappa shape index (κ3) is 15.7. The van der Waals surface area contributed by atoms with Crippen molar-refractivity contribution in [1.29, 1.82) is 0 Å². The second-order valence-corrected chi connectivity index (χ2v) is 1.57. The molecule has 0 aliphatic heterocycles. The van der Waals surface area contributed by atoms with Gasteiger partial charge in [0.2, 0.25) is 0 Å². The van der Waals surface area contributed by atoms with E-state index in [1.807, 2.05) is 0 Å². The zero-order chi connectivity index (χ0) is 6.41. The van der Waals surface area contributed by atoms with Gasteiger partial charge in [-0.15, -0.1) is 0 Å². The standard InChI is InChI=1S/C5H10O3.Mg.H2O.2H/c6-4-2-1-3-5(7)8;;;;/h6H,1-4H2,(H,7,8);;1H2;;/q;+2;;2*-1. The molecule has 0 aromatic heterocycles. The van der Waals surface area contributed by atoms with Crippen molar-refractivity contribution in [3.05, 3.63) is 0 Å². The van der Waals surface area contributed by atoms with Crippen LogP contribution in [0.3, 0.4) is 0 Å². The van der Waals surface area contributed by atoms with Crippen LogP contribution in [0.5, 0.6) is 0 Å². The van der Waals surface area contributed by atoms with Crippen LogP contribution in [0.25, 0.3) is 0 Å². The van der Waals surface area contributed by atoms with Crippen LogP contribution in [-0.2, 0) is 4.79 Å². The van der Waals surface area contributed by atoms with E-state index in [0.29, 0.717) is 12.8 Å². The predicted octanol–water partition coefficient (Wildman–Crippen LogP) is -0.747. The first-order valence-corrected chi connectivity index (χ1v) is 2.60. The first-order chi connectivity index (χ1) is 3.77. The number of aliphatic carboxylic acids is 1. The number of hydrogen-bond acceptors (Lipinski definition) is 2. The van der Waals surface area contributed by atoms with Gasteiger partial charge in [-0.3, -0.25) is 4.79 Å². The number of aliphatic hydroxyl groups excluding tert-OH is 1. The molecule has 60 valence electrons. The van der Waals surface area contributed by atoms with Crippen LogP contribution in [0.2, 0.25) is 0 Å². The molecule has 10 heavy (non-hydrogen) atoms. The summed E-state index contributed by atoms with van der Waals surface area (Å²) in [5, 5.41) is 16.2. The Morgan fingerprint density at radius 3 is 2.20 bits per heavy atom. The number of hydrogen-bond donors (Lipinski definition) is 2. The normalized spacial score (nSPS) is 7.30. The molecule has 0 bridgehead atoms. The summed E-state index contributed by atoms with van der Waals surface area (Å²) in [6.45, 7) is 0.0906. The van der Waals surface area contributed by atoms with Gasteiger partial charge in [0.25, 0.3) is 0 Å². The van der Waals surface area contributed by atoms with Crippen LogP contribution < -0.4 is 0 Å². The van der Waals surface area contributed by atoms with Gasteiger partial charge in [0, 0.05) is 13.0 Å². The average molecular weight is 162 g/mol. The number of aliphatic hydroxyl groups is 1. The minimum atomic E-state index is -0.793. The Kier molecular flexibility index (Phi) is 19.8. The molecule has 0 rings (SSSR count). The summed E-state index contributed by atoms with van der Waals surface area (Å²) in [5.41, 5.74) is 0. The van der Waals surface area contributed by atoms with Gasteiger partial charge >= 0.3 is 29.0 Å². The van der Waals surface area contributed by atoms with E-state index in [2.05, 4.69) is 0 Å². The molecule has 0 fully saturated rings. The van der Waals surface area contributed by atoms with E-state index < -0.39 is 5.97 Å². The van der Waals surface area contributed by atoms with E-state index in [9.17, 15) is 4.79 Å². The van der Waals surface area contributed by atoms with Crippen LogP contribution in [0.15, 0.2) is 0 Å². The molecule has 0 aromatic rings. The summed E-state index contributed by atoms with van der Waals surface area (Å²) in [6, 6.07) is 0. The van der Waals surface area contributed by atoms with Crippen molar-refractivity contribution >= 4 is 29.0 Å². The molecule has 0 aliphatic rings. The molecule has 0 saturated carbocycles. The van der Waals surface area contributed by atoms with Gasteiger partial charge in [-0.2, -0.15) is 0 Å². The third-order valence-corrected chi connectivity index (χ3v) is 0.799. The zero-order valence-electron chi connectivity index (χ0n) is 7.84. The minimum absolute atomic E-state index is 0. The molecular weight excluding hydrogens is 148 g/mol. The van der Waals surface area contributed by atoms with Crippen molar-refractivity contribution in [1.82, 2.24) is 0 Å². The van der Waals surface area contributed by atoms with E-state index in [1.165, 1.54) is 0 Å². The average Bonchev–Trinajstić information content (AvgIpc) is 1.66. The van der Waals surface area contributed by atoms with Crippen molar-refractivity contribution in [2.45, 2.75) is 19.3 Å². The maximum Gasteiger partial charge on any atom is 2.00 e. The molecule has 0 spiro atoms. The Bertz CT molecular complexity index is 83.8. The second-order valence-electron chi connectivity index (χ2n) is 1.57. The van der Waals surface area contributed by atoms with Gasteiger partial charge in [-0.05, 0) is 12.8 Å². The number of rotatable bonds is 4. The topological polar surface area (TPSA) is 89.0 Å². The minimum Gasteiger partial charge on any atom is -1.00 e. The molecule has 0 aliphatic carbocycles. The molecule has 0 saturated heterocycles. The summed E-state index contributed by atoms with van der Waals surface area (Å²) >= 11 is 0. The molecule has 0 radical (unpaired) electrons. The van der Waals surface area contributed by atoms with Crippen molar-refractivity contribution in [2.24, 2.45) is 0 Å². The van der Waals surface area contributed by atoms with Gasteiger partial charge in [-0.1, -0.05) is 0 Å². The molecule has 0 atom stereocenters. The molecule has 0 heterocycles. The Morgan fingerprint density at radius 1 is 1.40 bits per heavy atom. The van der Waals surface area contributed by atoms with Crippen LogP contribution in [0.1, 0.15) is 22.1 Å². The number of carboxylic acid groups (broad SMARTS) is 1. The predicted molar refractivity (Wildman–Crippen MR) is 40.2 cm³/mol. The maximum absolute atomic E-state index is 9.79. The Labute approximate surface area is 78.7 Å². The summed E-state index contributed by atoms with van der Waals surface area (Å²) in [5.74, 6) is -0.793. The molecule has 5 heteroatoms. The van der Waals surface area contributed by atoms with Gasteiger partial charge in [-0.25, -0.2) is 0 Å². The van der Waals surface area contributed by atoms with E-state index in [-0.39, 0.29) is 44.4 Å². The van der Waals surface area contributed by atoms with Crippen LogP contribution >= 0.6 is 0 Å². The van der Waals surface area contributed by atoms with Crippen molar-refractivity contribution in [2.75, 3.05) is 6.61 Å². The fraction of sp³-hybridized carbons (Fsp3) is 0.800. The van der Waals surface area contributed by atoms with Crippen LogP contribution in [-0.4, -0.2) is 51.3 Å². The maximum atomic E-state index is 9.79. The van der Waals surface area contributed by atoms with Crippen molar-refractivity contribution < 1.29 is 23.3 Å². The monoisotopic (exact) mass is 162 g/mol. The summed E-state index contributed by atoms with van der Waals surface area (Å²) in [4.78, 5) is 9.79. The fourth-order valence-corrected chi connectivity index (χ4v) is 0.388. The smallest absolute Gasteiger partial charge is 1.00 e. The van der Waals surface area contributed by atoms with E-state index >= 15 is 0 Å². The first kappa shape index (κ1) is 16.6. The van der Waals surface area contributed by atoms with Crippen molar-refractivity contribution in [3.8, 4) is 0 Å². The second kappa shape index (κ2) is 11.9. The Hall–Kier alpha value is 0.156. The number of unbranched alkanes of at least 4 members (excludes halogenated alkanes) is 1. The Balaban J connectivity index is -0.0000000408. The molecular formula is C5H14MgO4. The molecule has 0 aromatic carbocycles. The third-order valence-electron chi connectivity index (χ3n) is 0.799. The van der Waals surface area contributed by atoms with E-state index in [0.717, 1.165) is 0 Å². The van der Waals surface area contributed by atoms with Crippen LogP contribution in [0, 0.1) is 0 Å². The van der Waals surface area contributed by atoms with Crippen LogP contribution in [0.4, 0.5) is 0 Å². The summed E-state index contributed by atoms with van der Waals surface area (Å²) in [6.07, 6.45) is 1.33. The first-order valence-electron chi connectivity index (χ1n) is 2.60.